The summed E-state index contributed by atoms with van der Waals surface area (Å²) in [6.07, 6.45) is 1.47. The van der Waals surface area contributed by atoms with Crippen molar-refractivity contribution < 1.29 is 10.2 Å². The summed E-state index contributed by atoms with van der Waals surface area (Å²) in [6.45, 7) is 1.77. The van der Waals surface area contributed by atoms with Crippen LogP contribution < -0.4 is 0 Å². The van der Waals surface area contributed by atoms with Gasteiger partial charge in [-0.25, -0.2) is 0 Å². The van der Waals surface area contributed by atoms with Gasteiger partial charge in [-0.2, -0.15) is 0 Å². The van der Waals surface area contributed by atoms with E-state index >= 15 is 0 Å². The normalized spacial score (nSPS) is 12.5. The maximum Gasteiger partial charge on any atom is 0.0587 e. The van der Waals surface area contributed by atoms with Crippen LogP contribution in [0.1, 0.15) is 24.0 Å². The number of rotatable bonds is 9. The summed E-state index contributed by atoms with van der Waals surface area (Å²) in [5.74, 6) is 0. The van der Waals surface area contributed by atoms with E-state index in [0.29, 0.717) is 6.42 Å². The molecular formula is C19H23Br2NO2. The predicted octanol–water partition coefficient (Wildman–Crippen LogP) is 4.35. The topological polar surface area (TPSA) is 43.7 Å². The smallest absolute Gasteiger partial charge is 0.0587 e. The summed E-state index contributed by atoms with van der Waals surface area (Å²) in [6, 6.07) is 16.6. The summed E-state index contributed by atoms with van der Waals surface area (Å²) in [5, 5.41) is 19.0. The van der Waals surface area contributed by atoms with Crippen LogP contribution in [0.15, 0.2) is 57.5 Å². The second-order valence-corrected chi connectivity index (χ2v) is 7.69. The molecule has 1 atom stereocenters. The first-order chi connectivity index (χ1) is 11.6. The van der Waals surface area contributed by atoms with E-state index in [1.165, 1.54) is 11.1 Å². The molecule has 5 heteroatoms. The van der Waals surface area contributed by atoms with Gasteiger partial charge in [-0.15, -0.1) is 0 Å². The first-order valence-electron chi connectivity index (χ1n) is 8.07. The van der Waals surface area contributed by atoms with Crippen molar-refractivity contribution in [3.63, 3.8) is 0 Å². The van der Waals surface area contributed by atoms with Crippen LogP contribution in [0.3, 0.4) is 0 Å². The van der Waals surface area contributed by atoms with Crippen molar-refractivity contribution >= 4 is 31.9 Å². The molecule has 0 heterocycles. The quantitative estimate of drug-likeness (QED) is 0.589. The lowest BCUT2D eigenvalue weighted by atomic mass is 10.1. The Morgan fingerprint density at radius 2 is 1.25 bits per heavy atom. The van der Waals surface area contributed by atoms with Crippen LogP contribution in [0.25, 0.3) is 0 Å². The molecule has 3 nitrogen and oxygen atoms in total. The maximum atomic E-state index is 9.83. The predicted molar refractivity (Wildman–Crippen MR) is 105 cm³/mol. The largest absolute Gasteiger partial charge is 0.396 e. The minimum atomic E-state index is 0.0319. The summed E-state index contributed by atoms with van der Waals surface area (Å²) < 4.78 is 2.12. The van der Waals surface area contributed by atoms with Gasteiger partial charge >= 0.3 is 0 Å². The van der Waals surface area contributed by atoms with E-state index in [1.54, 1.807) is 0 Å². The molecule has 0 aromatic heterocycles. The van der Waals surface area contributed by atoms with Crippen LogP contribution in [-0.4, -0.2) is 34.4 Å². The number of aliphatic hydroxyl groups excluding tert-OH is 2. The fourth-order valence-corrected chi connectivity index (χ4v) is 3.21. The van der Waals surface area contributed by atoms with Crippen molar-refractivity contribution in [3.8, 4) is 0 Å². The summed E-state index contributed by atoms with van der Waals surface area (Å²) in [5.41, 5.74) is 2.41. The third-order valence-corrected chi connectivity index (χ3v) is 5.08. The molecule has 2 aromatic rings. The van der Waals surface area contributed by atoms with Gasteiger partial charge in [0.2, 0.25) is 0 Å². The lowest BCUT2D eigenvalue weighted by molar-refractivity contribution is 0.0969. The Morgan fingerprint density at radius 3 is 1.62 bits per heavy atom. The van der Waals surface area contributed by atoms with Gasteiger partial charge in [0.25, 0.3) is 0 Å². The van der Waals surface area contributed by atoms with Gasteiger partial charge in [-0.05, 0) is 48.2 Å². The van der Waals surface area contributed by atoms with E-state index < -0.39 is 0 Å². The number of hydrogen-bond acceptors (Lipinski definition) is 3. The molecule has 0 radical (unpaired) electrons. The van der Waals surface area contributed by atoms with Crippen molar-refractivity contribution in [2.24, 2.45) is 0 Å². The fraction of sp³-hybridized carbons (Fsp3) is 0.368. The first kappa shape index (κ1) is 19.6. The summed E-state index contributed by atoms with van der Waals surface area (Å²) in [7, 11) is 0. The van der Waals surface area contributed by atoms with E-state index in [9.17, 15) is 5.11 Å². The number of hydrogen-bond donors (Lipinski definition) is 2. The minimum absolute atomic E-state index is 0.0319. The Labute approximate surface area is 160 Å². The van der Waals surface area contributed by atoms with Gasteiger partial charge in [0.05, 0.1) is 6.61 Å². The van der Waals surface area contributed by atoms with E-state index in [4.69, 9.17) is 5.11 Å². The Hall–Kier alpha value is -0.720. The zero-order chi connectivity index (χ0) is 17.4. The SMILES string of the molecule is OCCC[C@@H](CO)N(Cc1ccc(Br)cc1)Cc1ccc(Br)cc1. The van der Waals surface area contributed by atoms with E-state index in [0.717, 1.165) is 28.5 Å². The highest BCUT2D eigenvalue weighted by molar-refractivity contribution is 9.10. The average Bonchev–Trinajstić information content (AvgIpc) is 2.59. The molecule has 0 saturated heterocycles. The van der Waals surface area contributed by atoms with Crippen molar-refractivity contribution in [1.29, 1.82) is 0 Å². The minimum Gasteiger partial charge on any atom is -0.396 e. The van der Waals surface area contributed by atoms with Crippen LogP contribution in [0.5, 0.6) is 0 Å². The summed E-state index contributed by atoms with van der Waals surface area (Å²) in [4.78, 5) is 2.28. The van der Waals surface area contributed by atoms with Crippen LogP contribution in [-0.2, 0) is 13.1 Å². The zero-order valence-corrected chi connectivity index (χ0v) is 16.7. The number of halogens is 2. The van der Waals surface area contributed by atoms with Gasteiger partial charge in [0, 0.05) is 34.7 Å². The Morgan fingerprint density at radius 1 is 0.792 bits per heavy atom. The molecule has 0 amide bonds. The number of aliphatic hydroxyl groups is 2. The Balaban J connectivity index is 2.15. The first-order valence-corrected chi connectivity index (χ1v) is 9.65. The van der Waals surface area contributed by atoms with Gasteiger partial charge in [0.1, 0.15) is 0 Å². The molecule has 0 unspecified atom stereocenters. The Bertz CT molecular complexity index is 554. The highest BCUT2D eigenvalue weighted by Crippen LogP contribution is 2.19. The Kier molecular flexibility index (Phi) is 8.42. The van der Waals surface area contributed by atoms with Gasteiger partial charge in [0.15, 0.2) is 0 Å². The highest BCUT2D eigenvalue weighted by atomic mass is 79.9. The number of nitrogens with zero attached hydrogens (tertiary/aromatic N) is 1. The van der Waals surface area contributed by atoms with Gasteiger partial charge < -0.3 is 10.2 Å². The molecule has 0 aliphatic heterocycles. The molecular weight excluding hydrogens is 434 g/mol. The maximum absolute atomic E-state index is 9.83. The molecule has 2 aromatic carbocycles. The fourth-order valence-electron chi connectivity index (χ4n) is 2.68. The lowest BCUT2D eigenvalue weighted by Crippen LogP contribution is -2.37. The molecule has 0 aliphatic carbocycles. The van der Waals surface area contributed by atoms with Gasteiger partial charge in [-0.3, -0.25) is 4.90 Å². The van der Waals surface area contributed by atoms with Gasteiger partial charge in [-0.1, -0.05) is 56.1 Å². The van der Waals surface area contributed by atoms with E-state index in [-0.39, 0.29) is 19.3 Å². The molecule has 24 heavy (non-hydrogen) atoms. The second-order valence-electron chi connectivity index (χ2n) is 5.86. The third kappa shape index (κ3) is 6.30. The van der Waals surface area contributed by atoms with Crippen LogP contribution in [0.2, 0.25) is 0 Å². The second kappa shape index (κ2) is 10.3. The standard InChI is InChI=1S/C19H23Br2NO2/c20-17-7-3-15(4-8-17)12-22(19(14-24)2-1-11-23)13-16-5-9-18(21)10-6-16/h3-10,19,23-24H,1-2,11-14H2/t19-/m0/s1. The average molecular weight is 457 g/mol. The third-order valence-electron chi connectivity index (χ3n) is 4.02. The molecule has 2 rings (SSSR count). The van der Waals surface area contributed by atoms with Crippen molar-refractivity contribution in [1.82, 2.24) is 4.90 Å². The van der Waals surface area contributed by atoms with Crippen LogP contribution in [0, 0.1) is 0 Å². The molecule has 0 spiro atoms. The molecule has 130 valence electrons. The molecule has 0 saturated carbocycles. The van der Waals surface area contributed by atoms with E-state index in [1.807, 2.05) is 24.3 Å². The van der Waals surface area contributed by atoms with Crippen molar-refractivity contribution in [2.75, 3.05) is 13.2 Å². The van der Waals surface area contributed by atoms with Crippen molar-refractivity contribution in [3.05, 3.63) is 68.6 Å². The van der Waals surface area contributed by atoms with Crippen LogP contribution in [0.4, 0.5) is 0 Å². The zero-order valence-electron chi connectivity index (χ0n) is 13.5. The molecule has 0 fully saturated rings. The highest BCUT2D eigenvalue weighted by Gasteiger charge is 2.18. The molecule has 2 N–H and O–H groups in total. The molecule has 0 bridgehead atoms. The number of benzene rings is 2. The van der Waals surface area contributed by atoms with Crippen molar-refractivity contribution in [2.45, 2.75) is 32.0 Å². The van der Waals surface area contributed by atoms with Crippen LogP contribution >= 0.6 is 31.9 Å². The van der Waals surface area contributed by atoms with E-state index in [2.05, 4.69) is 61.0 Å². The monoisotopic (exact) mass is 455 g/mol. The molecule has 0 aliphatic rings. The summed E-state index contributed by atoms with van der Waals surface area (Å²) >= 11 is 6.93. The lowest BCUT2D eigenvalue weighted by Gasteiger charge is -2.31.